The van der Waals surface area contributed by atoms with Crippen LogP contribution in [0.4, 0.5) is 0 Å². The minimum Gasteiger partial charge on any atom is -0.481 e. The summed E-state index contributed by atoms with van der Waals surface area (Å²) in [6, 6.07) is 1.73. The van der Waals surface area contributed by atoms with Crippen LogP contribution in [-0.4, -0.2) is 44.3 Å². The van der Waals surface area contributed by atoms with Gasteiger partial charge < -0.3 is 10.0 Å². The maximum atomic E-state index is 12.4. The molecule has 1 atom stereocenters. The molecule has 104 valence electrons. The van der Waals surface area contributed by atoms with Crippen molar-refractivity contribution in [3.8, 4) is 0 Å². The Morgan fingerprint density at radius 1 is 1.47 bits per heavy atom. The van der Waals surface area contributed by atoms with Gasteiger partial charge in [-0.25, -0.2) is 0 Å². The number of carbonyl (C=O) groups excluding carboxylic acids is 1. The molecule has 1 aromatic rings. The highest BCUT2D eigenvalue weighted by molar-refractivity contribution is 5.92. The summed E-state index contributed by atoms with van der Waals surface area (Å²) < 4.78 is 1.60. The van der Waals surface area contributed by atoms with E-state index >= 15 is 0 Å². The molecule has 1 aromatic heterocycles. The second-order valence-electron chi connectivity index (χ2n) is 4.96. The van der Waals surface area contributed by atoms with Gasteiger partial charge in [-0.05, 0) is 31.7 Å². The molecular formula is C13H19N3O3. The predicted molar refractivity (Wildman–Crippen MR) is 68.8 cm³/mol. The molecule has 1 unspecified atom stereocenters. The Morgan fingerprint density at radius 3 is 2.89 bits per heavy atom. The summed E-state index contributed by atoms with van der Waals surface area (Å²) in [5.41, 5.74) is 0.435. The van der Waals surface area contributed by atoms with Gasteiger partial charge in [0.25, 0.3) is 5.91 Å². The van der Waals surface area contributed by atoms with Gasteiger partial charge in [-0.2, -0.15) is 5.10 Å². The third-order valence-electron chi connectivity index (χ3n) is 3.51. The van der Waals surface area contributed by atoms with E-state index in [4.69, 9.17) is 5.11 Å². The van der Waals surface area contributed by atoms with Crippen LogP contribution in [0.5, 0.6) is 0 Å². The first-order chi connectivity index (χ1) is 9.08. The molecule has 1 aliphatic rings. The number of carboxylic acids is 1. The number of aryl methyl sites for hydroxylation is 1. The first kappa shape index (κ1) is 13.6. The summed E-state index contributed by atoms with van der Waals surface area (Å²) in [5.74, 6) is -0.897. The number of aromatic nitrogens is 2. The van der Waals surface area contributed by atoms with Crippen LogP contribution in [0, 0.1) is 0 Å². The summed E-state index contributed by atoms with van der Waals surface area (Å²) >= 11 is 0. The molecule has 0 saturated carbocycles. The number of nitrogens with zero attached hydrogens (tertiary/aromatic N) is 3. The largest absolute Gasteiger partial charge is 0.481 e. The van der Waals surface area contributed by atoms with Crippen molar-refractivity contribution < 1.29 is 14.7 Å². The van der Waals surface area contributed by atoms with Gasteiger partial charge >= 0.3 is 5.97 Å². The van der Waals surface area contributed by atoms with Gasteiger partial charge in [0.1, 0.15) is 5.69 Å². The first-order valence-electron chi connectivity index (χ1n) is 6.60. The number of piperidine rings is 1. The van der Waals surface area contributed by atoms with Gasteiger partial charge in [0.05, 0.1) is 0 Å². The van der Waals surface area contributed by atoms with E-state index in [2.05, 4.69) is 5.10 Å². The third-order valence-corrected chi connectivity index (χ3v) is 3.51. The van der Waals surface area contributed by atoms with Crippen LogP contribution in [0.3, 0.4) is 0 Å². The van der Waals surface area contributed by atoms with E-state index in [0.717, 1.165) is 19.3 Å². The van der Waals surface area contributed by atoms with Crippen molar-refractivity contribution in [3.63, 3.8) is 0 Å². The van der Waals surface area contributed by atoms with Crippen LogP contribution in [0.25, 0.3) is 0 Å². The topological polar surface area (TPSA) is 75.4 Å². The van der Waals surface area contributed by atoms with Crippen molar-refractivity contribution in [1.29, 1.82) is 0 Å². The third kappa shape index (κ3) is 3.33. The summed E-state index contributed by atoms with van der Waals surface area (Å²) in [6.45, 7) is 0.694. The number of aliphatic carboxylic acids is 1. The Balaban J connectivity index is 2.06. The Morgan fingerprint density at radius 2 is 2.26 bits per heavy atom. The molecule has 0 bridgehead atoms. The summed E-state index contributed by atoms with van der Waals surface area (Å²) in [4.78, 5) is 24.8. The van der Waals surface area contributed by atoms with Gasteiger partial charge in [-0.3, -0.25) is 14.3 Å². The van der Waals surface area contributed by atoms with E-state index in [1.54, 1.807) is 28.9 Å². The minimum atomic E-state index is -0.809. The second-order valence-corrected chi connectivity index (χ2v) is 4.96. The van der Waals surface area contributed by atoms with Gasteiger partial charge in [-0.15, -0.1) is 0 Å². The Bertz CT molecular complexity index is 469. The Labute approximate surface area is 112 Å². The zero-order valence-electron chi connectivity index (χ0n) is 11.1. The van der Waals surface area contributed by atoms with Gasteiger partial charge in [-0.1, -0.05) is 0 Å². The lowest BCUT2D eigenvalue weighted by molar-refractivity contribution is -0.137. The highest BCUT2D eigenvalue weighted by Gasteiger charge is 2.28. The van der Waals surface area contributed by atoms with Crippen LogP contribution >= 0.6 is 0 Å². The molecule has 0 radical (unpaired) electrons. The van der Waals surface area contributed by atoms with Crippen molar-refractivity contribution in [2.45, 2.75) is 38.1 Å². The smallest absolute Gasteiger partial charge is 0.303 e. The molecule has 1 fully saturated rings. The zero-order valence-corrected chi connectivity index (χ0v) is 11.1. The van der Waals surface area contributed by atoms with Crippen molar-refractivity contribution in [2.24, 2.45) is 7.05 Å². The summed E-state index contributed by atoms with van der Waals surface area (Å²) in [5, 5.41) is 12.9. The molecule has 1 saturated heterocycles. The van der Waals surface area contributed by atoms with Gasteiger partial charge in [0.15, 0.2) is 0 Å². The molecule has 1 aliphatic heterocycles. The molecule has 2 heterocycles. The molecule has 2 rings (SSSR count). The number of carboxylic acid groups (broad SMARTS) is 1. The van der Waals surface area contributed by atoms with Crippen molar-refractivity contribution in [1.82, 2.24) is 14.7 Å². The molecule has 1 N–H and O–H groups in total. The van der Waals surface area contributed by atoms with E-state index in [0.29, 0.717) is 18.7 Å². The van der Waals surface area contributed by atoms with E-state index < -0.39 is 5.97 Å². The molecule has 0 aliphatic carbocycles. The first-order valence-corrected chi connectivity index (χ1v) is 6.60. The lowest BCUT2D eigenvalue weighted by atomic mass is 9.97. The van der Waals surface area contributed by atoms with Crippen LogP contribution in [0.15, 0.2) is 12.3 Å². The lowest BCUT2D eigenvalue weighted by Gasteiger charge is -2.35. The molecule has 6 heteroatoms. The highest BCUT2D eigenvalue weighted by atomic mass is 16.4. The van der Waals surface area contributed by atoms with E-state index in [-0.39, 0.29) is 18.4 Å². The van der Waals surface area contributed by atoms with Crippen LogP contribution < -0.4 is 0 Å². The van der Waals surface area contributed by atoms with Crippen LogP contribution in [0.1, 0.15) is 42.6 Å². The van der Waals surface area contributed by atoms with Crippen molar-refractivity contribution in [2.75, 3.05) is 6.54 Å². The minimum absolute atomic E-state index is 0.0272. The van der Waals surface area contributed by atoms with E-state index in [1.165, 1.54) is 0 Å². The molecular weight excluding hydrogens is 246 g/mol. The van der Waals surface area contributed by atoms with Crippen LogP contribution in [0.2, 0.25) is 0 Å². The Kier molecular flexibility index (Phi) is 4.19. The monoisotopic (exact) mass is 265 g/mol. The fraction of sp³-hybridized carbons (Fsp3) is 0.615. The second kappa shape index (κ2) is 5.86. The lowest BCUT2D eigenvalue weighted by Crippen LogP contribution is -2.44. The molecule has 1 amide bonds. The van der Waals surface area contributed by atoms with Gasteiger partial charge in [0, 0.05) is 32.3 Å². The predicted octanol–water partition coefficient (Wildman–Crippen LogP) is 1.28. The zero-order chi connectivity index (χ0) is 13.8. The molecule has 0 spiro atoms. The number of likely N-dealkylation sites (tertiary alicyclic amines) is 1. The Hall–Kier alpha value is -1.85. The summed E-state index contributed by atoms with van der Waals surface area (Å²) in [7, 11) is 1.77. The highest BCUT2D eigenvalue weighted by Crippen LogP contribution is 2.22. The SMILES string of the molecule is Cn1ccc(C(=O)N2CCCCC2CCC(=O)O)n1. The van der Waals surface area contributed by atoms with Crippen molar-refractivity contribution >= 4 is 11.9 Å². The number of hydrogen-bond donors (Lipinski definition) is 1. The maximum Gasteiger partial charge on any atom is 0.303 e. The van der Waals surface area contributed by atoms with Crippen LogP contribution in [-0.2, 0) is 11.8 Å². The quantitative estimate of drug-likeness (QED) is 0.889. The molecule has 6 nitrogen and oxygen atoms in total. The number of amides is 1. The van der Waals surface area contributed by atoms with E-state index in [1.807, 2.05) is 0 Å². The van der Waals surface area contributed by atoms with Crippen molar-refractivity contribution in [3.05, 3.63) is 18.0 Å². The number of rotatable bonds is 4. The average molecular weight is 265 g/mol. The molecule has 19 heavy (non-hydrogen) atoms. The number of carbonyl (C=O) groups is 2. The fourth-order valence-corrected chi connectivity index (χ4v) is 2.53. The maximum absolute atomic E-state index is 12.4. The number of hydrogen-bond acceptors (Lipinski definition) is 3. The normalized spacial score (nSPS) is 19.4. The van der Waals surface area contributed by atoms with E-state index in [9.17, 15) is 9.59 Å². The standard InChI is InChI=1S/C13H19N3O3/c1-15-9-7-11(14-15)13(19)16-8-3-2-4-10(16)5-6-12(17)18/h7,9-10H,2-6,8H2,1H3,(H,17,18). The molecule has 0 aromatic carbocycles. The van der Waals surface area contributed by atoms with Gasteiger partial charge in [0.2, 0.25) is 0 Å². The fourth-order valence-electron chi connectivity index (χ4n) is 2.53. The average Bonchev–Trinajstić information content (AvgIpc) is 2.82. The summed E-state index contributed by atoms with van der Waals surface area (Å²) in [6.07, 6.45) is 5.28.